The smallest absolute Gasteiger partial charge is 0.308 e. The predicted octanol–water partition coefficient (Wildman–Crippen LogP) is 4.50. The highest BCUT2D eigenvalue weighted by molar-refractivity contribution is 7.91. The van der Waals surface area contributed by atoms with Crippen molar-refractivity contribution in [2.45, 2.75) is 18.7 Å². The van der Waals surface area contributed by atoms with Gasteiger partial charge in [-0.3, -0.25) is 4.79 Å². The fraction of sp³-hybridized carbons (Fsp3) is 0.188. The molecule has 2 rings (SSSR count). The molecule has 2 aromatic carbocycles. The monoisotopic (exact) mass is 388 g/mol. The highest BCUT2D eigenvalue weighted by Crippen LogP contribution is 2.36. The number of esters is 1. The molecular weight excluding hydrogens is 375 g/mol. The van der Waals surface area contributed by atoms with Crippen LogP contribution in [0.25, 0.3) is 0 Å². The van der Waals surface area contributed by atoms with Crippen LogP contribution in [0.4, 0.5) is 0 Å². The third kappa shape index (κ3) is 4.41. The van der Waals surface area contributed by atoms with Crippen LogP contribution < -0.4 is 9.47 Å². The van der Waals surface area contributed by atoms with Crippen LogP contribution in [0.15, 0.2) is 41.3 Å². The summed E-state index contributed by atoms with van der Waals surface area (Å²) in [7, 11) is -3.36. The molecule has 0 unspecified atom stereocenters. The summed E-state index contributed by atoms with van der Waals surface area (Å²) in [5.74, 6) is 0.218. The van der Waals surface area contributed by atoms with Gasteiger partial charge in [0.1, 0.15) is 17.2 Å². The molecule has 0 heterocycles. The Labute approximate surface area is 150 Å². The molecule has 0 amide bonds. The molecule has 0 bridgehead atoms. The van der Waals surface area contributed by atoms with Gasteiger partial charge in [0.05, 0.1) is 20.7 Å². The minimum atomic E-state index is -3.36. The van der Waals surface area contributed by atoms with E-state index in [9.17, 15) is 13.2 Å². The zero-order valence-corrected chi connectivity index (χ0v) is 15.2. The summed E-state index contributed by atoms with van der Waals surface area (Å²) in [4.78, 5) is 11.1. The fourth-order valence-electron chi connectivity index (χ4n) is 1.83. The van der Waals surface area contributed by atoms with Gasteiger partial charge >= 0.3 is 5.97 Å². The summed E-state index contributed by atoms with van der Waals surface area (Å²) in [5.41, 5.74) is 0. The van der Waals surface area contributed by atoms with E-state index in [2.05, 4.69) is 0 Å². The Bertz CT molecular complexity index is 878. The van der Waals surface area contributed by atoms with Crippen molar-refractivity contribution >= 4 is 39.0 Å². The predicted molar refractivity (Wildman–Crippen MR) is 92.0 cm³/mol. The maximum Gasteiger partial charge on any atom is 0.308 e. The van der Waals surface area contributed by atoms with Gasteiger partial charge in [0, 0.05) is 13.0 Å². The first-order valence-electron chi connectivity index (χ1n) is 6.91. The molecule has 0 N–H and O–H groups in total. The Morgan fingerprint density at radius 1 is 1.04 bits per heavy atom. The number of ether oxygens (including phenoxy) is 2. The molecule has 5 nitrogen and oxygen atoms in total. The van der Waals surface area contributed by atoms with Gasteiger partial charge in [0.25, 0.3) is 0 Å². The SMILES string of the molecule is CCS(=O)(=O)c1ccc(Oc2cc(OC(C)=O)ccc2Cl)c(Cl)c1. The number of sulfone groups is 1. The maximum atomic E-state index is 11.9. The molecule has 0 aromatic heterocycles. The van der Waals surface area contributed by atoms with Gasteiger partial charge in [0.15, 0.2) is 9.84 Å². The number of hydrogen-bond donors (Lipinski definition) is 0. The Balaban J connectivity index is 2.33. The number of carbonyl (C=O) groups excluding carboxylic acids is 1. The van der Waals surface area contributed by atoms with Gasteiger partial charge in [-0.1, -0.05) is 30.1 Å². The zero-order chi connectivity index (χ0) is 17.9. The van der Waals surface area contributed by atoms with Crippen LogP contribution in [0.5, 0.6) is 17.2 Å². The average Bonchev–Trinajstić information content (AvgIpc) is 2.51. The largest absolute Gasteiger partial charge is 0.454 e. The molecule has 0 spiro atoms. The van der Waals surface area contributed by atoms with Gasteiger partial charge in [-0.2, -0.15) is 0 Å². The number of rotatable bonds is 5. The molecule has 0 aliphatic heterocycles. The summed E-state index contributed by atoms with van der Waals surface area (Å²) >= 11 is 12.2. The lowest BCUT2D eigenvalue weighted by Crippen LogP contribution is -2.03. The van der Waals surface area contributed by atoms with Crippen molar-refractivity contribution in [3.8, 4) is 17.2 Å². The molecule has 0 saturated heterocycles. The second kappa shape index (κ2) is 7.42. The quantitative estimate of drug-likeness (QED) is 0.556. The van der Waals surface area contributed by atoms with Gasteiger partial charge in [-0.05, 0) is 30.3 Å². The number of carbonyl (C=O) groups is 1. The van der Waals surface area contributed by atoms with Crippen LogP contribution in [0.1, 0.15) is 13.8 Å². The molecule has 0 saturated carbocycles. The van der Waals surface area contributed by atoms with E-state index in [0.29, 0.717) is 0 Å². The van der Waals surface area contributed by atoms with E-state index >= 15 is 0 Å². The lowest BCUT2D eigenvalue weighted by atomic mass is 10.3. The lowest BCUT2D eigenvalue weighted by molar-refractivity contribution is -0.131. The van der Waals surface area contributed by atoms with Crippen molar-refractivity contribution in [2.24, 2.45) is 0 Å². The van der Waals surface area contributed by atoms with E-state index in [0.717, 1.165) is 0 Å². The van der Waals surface area contributed by atoms with Gasteiger partial charge in [0.2, 0.25) is 0 Å². The first-order chi connectivity index (χ1) is 11.2. The lowest BCUT2D eigenvalue weighted by Gasteiger charge is -2.11. The highest BCUT2D eigenvalue weighted by atomic mass is 35.5. The Morgan fingerprint density at radius 2 is 1.75 bits per heavy atom. The standard InChI is InChI=1S/C16H14Cl2O5S/c1-3-24(20,21)12-5-7-15(14(18)9-12)23-16-8-11(22-10(2)19)4-6-13(16)17/h4-9H,3H2,1-2H3. The minimum absolute atomic E-state index is 0.0280. The third-order valence-electron chi connectivity index (χ3n) is 3.03. The third-order valence-corrected chi connectivity index (χ3v) is 5.37. The van der Waals surface area contributed by atoms with Gasteiger partial charge < -0.3 is 9.47 Å². The second-order valence-electron chi connectivity index (χ2n) is 4.78. The van der Waals surface area contributed by atoms with Crippen LogP contribution in [-0.2, 0) is 14.6 Å². The van der Waals surface area contributed by atoms with Crippen molar-refractivity contribution in [1.82, 2.24) is 0 Å². The average molecular weight is 389 g/mol. The molecular formula is C16H14Cl2O5S. The van der Waals surface area contributed by atoms with Crippen molar-refractivity contribution in [1.29, 1.82) is 0 Å². The first-order valence-corrected chi connectivity index (χ1v) is 9.32. The summed E-state index contributed by atoms with van der Waals surface area (Å²) in [5, 5.41) is 0.408. The Morgan fingerprint density at radius 3 is 2.33 bits per heavy atom. The van der Waals surface area contributed by atoms with E-state index in [1.165, 1.54) is 43.3 Å². The molecule has 0 atom stereocenters. The van der Waals surface area contributed by atoms with E-state index in [1.807, 2.05) is 0 Å². The van der Waals surface area contributed by atoms with Crippen LogP contribution in [0, 0.1) is 0 Å². The summed E-state index contributed by atoms with van der Waals surface area (Å²) in [6.07, 6.45) is 0. The second-order valence-corrected chi connectivity index (χ2v) is 7.88. The molecule has 0 radical (unpaired) electrons. The van der Waals surface area contributed by atoms with E-state index in [4.69, 9.17) is 32.7 Å². The number of benzene rings is 2. The molecule has 8 heteroatoms. The molecule has 128 valence electrons. The fourth-order valence-corrected chi connectivity index (χ4v) is 3.18. The van der Waals surface area contributed by atoms with Crippen molar-refractivity contribution in [3.63, 3.8) is 0 Å². The summed E-state index contributed by atoms with van der Waals surface area (Å²) < 4.78 is 34.3. The molecule has 0 aliphatic rings. The highest BCUT2D eigenvalue weighted by Gasteiger charge is 2.15. The first kappa shape index (κ1) is 18.6. The normalized spacial score (nSPS) is 11.2. The van der Waals surface area contributed by atoms with Crippen LogP contribution >= 0.6 is 23.2 Å². The van der Waals surface area contributed by atoms with Gasteiger partial charge in [-0.25, -0.2) is 8.42 Å². The van der Waals surface area contributed by atoms with Crippen LogP contribution in [0.3, 0.4) is 0 Å². The zero-order valence-electron chi connectivity index (χ0n) is 12.9. The molecule has 0 aliphatic carbocycles. The van der Waals surface area contributed by atoms with Crippen molar-refractivity contribution in [2.75, 3.05) is 5.75 Å². The van der Waals surface area contributed by atoms with E-state index in [-0.39, 0.29) is 37.9 Å². The number of hydrogen-bond acceptors (Lipinski definition) is 5. The number of halogens is 2. The molecule has 2 aromatic rings. The topological polar surface area (TPSA) is 69.7 Å². The maximum absolute atomic E-state index is 11.9. The van der Waals surface area contributed by atoms with Crippen molar-refractivity contribution in [3.05, 3.63) is 46.4 Å². The summed E-state index contributed by atoms with van der Waals surface area (Å²) in [6.45, 7) is 2.83. The van der Waals surface area contributed by atoms with Crippen LogP contribution in [-0.4, -0.2) is 20.1 Å². The van der Waals surface area contributed by atoms with E-state index in [1.54, 1.807) is 6.92 Å². The Kier molecular flexibility index (Phi) is 5.74. The van der Waals surface area contributed by atoms with Crippen molar-refractivity contribution < 1.29 is 22.7 Å². The minimum Gasteiger partial charge on any atom is -0.454 e. The van der Waals surface area contributed by atoms with Gasteiger partial charge in [-0.15, -0.1) is 0 Å². The Hall–Kier alpha value is -1.76. The van der Waals surface area contributed by atoms with E-state index < -0.39 is 15.8 Å². The summed E-state index contributed by atoms with van der Waals surface area (Å²) in [6, 6.07) is 8.65. The van der Waals surface area contributed by atoms with Crippen LogP contribution in [0.2, 0.25) is 10.0 Å². The molecule has 0 fully saturated rings. The molecule has 24 heavy (non-hydrogen) atoms.